The number of rotatable bonds is 7. The van der Waals surface area contributed by atoms with Crippen molar-refractivity contribution in [3.05, 3.63) is 22.7 Å². The number of amides is 1. The smallest absolute Gasteiger partial charge is 0.223 e. The Bertz CT molecular complexity index is 464. The molecule has 0 heterocycles. The maximum Gasteiger partial charge on any atom is 0.223 e. The van der Waals surface area contributed by atoms with Gasteiger partial charge < -0.3 is 19.7 Å². The van der Waals surface area contributed by atoms with Crippen LogP contribution in [0.15, 0.2) is 12.1 Å². The minimum absolute atomic E-state index is 0.0999. The van der Waals surface area contributed by atoms with Crippen LogP contribution in [0.25, 0.3) is 0 Å². The number of methoxy groups -OCH3 is 2. The lowest BCUT2D eigenvalue weighted by atomic mass is 10.2. The van der Waals surface area contributed by atoms with E-state index >= 15 is 0 Å². The second kappa shape index (κ2) is 7.97. The van der Waals surface area contributed by atoms with Crippen molar-refractivity contribution in [1.82, 2.24) is 10.2 Å². The van der Waals surface area contributed by atoms with Gasteiger partial charge in [0.1, 0.15) is 0 Å². The second-order valence-corrected chi connectivity index (χ2v) is 4.94. The predicted molar refractivity (Wildman–Crippen MR) is 79.6 cm³/mol. The first-order valence-electron chi connectivity index (χ1n) is 6.30. The third kappa shape index (κ3) is 4.58. The molecule has 0 fully saturated rings. The van der Waals surface area contributed by atoms with Crippen LogP contribution >= 0.6 is 11.6 Å². The Morgan fingerprint density at radius 2 is 2.00 bits per heavy atom. The molecular formula is C14H21ClN2O3. The van der Waals surface area contributed by atoms with Crippen LogP contribution in [0.4, 0.5) is 0 Å². The molecule has 1 aromatic rings. The molecule has 0 saturated heterocycles. The number of ether oxygens (including phenoxy) is 2. The monoisotopic (exact) mass is 300 g/mol. The molecule has 0 bridgehead atoms. The molecule has 0 radical (unpaired) electrons. The fourth-order valence-corrected chi connectivity index (χ4v) is 2.04. The molecular weight excluding hydrogens is 280 g/mol. The van der Waals surface area contributed by atoms with Crippen molar-refractivity contribution in [3.8, 4) is 11.5 Å². The van der Waals surface area contributed by atoms with E-state index in [9.17, 15) is 4.79 Å². The highest BCUT2D eigenvalue weighted by molar-refractivity contribution is 6.32. The summed E-state index contributed by atoms with van der Waals surface area (Å²) in [4.78, 5) is 13.0. The summed E-state index contributed by atoms with van der Waals surface area (Å²) >= 11 is 6.12. The van der Waals surface area contributed by atoms with E-state index in [0.29, 0.717) is 36.0 Å². The minimum Gasteiger partial charge on any atom is -0.493 e. The van der Waals surface area contributed by atoms with Crippen LogP contribution in [-0.2, 0) is 11.3 Å². The summed E-state index contributed by atoms with van der Waals surface area (Å²) in [5.41, 5.74) is 0.977. The molecule has 0 aliphatic heterocycles. The quantitative estimate of drug-likeness (QED) is 0.782. The van der Waals surface area contributed by atoms with E-state index < -0.39 is 0 Å². The number of carbonyl (C=O) groups excluding carboxylic acids is 1. The number of nitrogens with one attached hydrogen (secondary N) is 1. The third-order valence-electron chi connectivity index (χ3n) is 2.84. The zero-order chi connectivity index (χ0) is 15.1. The molecule has 0 aromatic heterocycles. The van der Waals surface area contributed by atoms with Crippen molar-refractivity contribution in [2.24, 2.45) is 0 Å². The van der Waals surface area contributed by atoms with Gasteiger partial charge in [-0.3, -0.25) is 4.79 Å². The van der Waals surface area contributed by atoms with E-state index in [-0.39, 0.29) is 5.91 Å². The van der Waals surface area contributed by atoms with E-state index in [4.69, 9.17) is 21.1 Å². The van der Waals surface area contributed by atoms with Crippen molar-refractivity contribution in [3.63, 3.8) is 0 Å². The maximum atomic E-state index is 11.4. The maximum absolute atomic E-state index is 11.4. The van der Waals surface area contributed by atoms with E-state index in [1.165, 1.54) is 0 Å². The molecule has 5 nitrogen and oxygen atoms in total. The van der Waals surface area contributed by atoms with Gasteiger partial charge in [-0.1, -0.05) is 11.6 Å². The van der Waals surface area contributed by atoms with Gasteiger partial charge in [-0.05, 0) is 17.7 Å². The van der Waals surface area contributed by atoms with Crippen LogP contribution in [0.1, 0.15) is 12.0 Å². The summed E-state index contributed by atoms with van der Waals surface area (Å²) in [6, 6.07) is 3.69. The van der Waals surface area contributed by atoms with Crippen molar-refractivity contribution in [2.75, 3.05) is 34.9 Å². The van der Waals surface area contributed by atoms with Gasteiger partial charge in [-0.15, -0.1) is 0 Å². The number of hydrogen-bond acceptors (Lipinski definition) is 4. The Morgan fingerprint density at radius 3 is 2.55 bits per heavy atom. The molecule has 1 amide bonds. The van der Waals surface area contributed by atoms with Crippen molar-refractivity contribution in [2.45, 2.75) is 13.0 Å². The highest BCUT2D eigenvalue weighted by atomic mass is 35.5. The van der Waals surface area contributed by atoms with Gasteiger partial charge in [0.2, 0.25) is 5.91 Å². The molecule has 0 unspecified atom stereocenters. The molecule has 20 heavy (non-hydrogen) atoms. The van der Waals surface area contributed by atoms with E-state index in [0.717, 1.165) is 5.56 Å². The number of hydrogen-bond donors (Lipinski definition) is 1. The van der Waals surface area contributed by atoms with E-state index in [2.05, 4.69) is 5.32 Å². The zero-order valence-corrected chi connectivity index (χ0v) is 13.1. The Balaban J connectivity index is 2.57. The third-order valence-corrected chi connectivity index (χ3v) is 3.12. The normalized spacial score (nSPS) is 10.2. The Labute approximate surface area is 124 Å². The summed E-state index contributed by atoms with van der Waals surface area (Å²) in [5.74, 6) is 1.23. The lowest BCUT2D eigenvalue weighted by Crippen LogP contribution is -2.26. The van der Waals surface area contributed by atoms with Gasteiger partial charge in [0, 0.05) is 33.6 Å². The van der Waals surface area contributed by atoms with Crippen LogP contribution in [0.2, 0.25) is 5.02 Å². The Hall–Kier alpha value is -1.46. The number of halogens is 1. The average molecular weight is 301 g/mol. The van der Waals surface area contributed by atoms with Gasteiger partial charge in [0.15, 0.2) is 11.5 Å². The summed E-state index contributed by atoms with van der Waals surface area (Å²) in [6.45, 7) is 1.23. The molecule has 0 spiro atoms. The SMILES string of the molecule is COc1cc(CNCCC(=O)N(C)C)cc(Cl)c1OC. The van der Waals surface area contributed by atoms with E-state index in [1.807, 2.05) is 12.1 Å². The molecule has 0 aliphatic carbocycles. The molecule has 0 aliphatic rings. The zero-order valence-electron chi connectivity index (χ0n) is 12.3. The molecule has 0 atom stereocenters. The molecule has 0 saturated carbocycles. The highest BCUT2D eigenvalue weighted by Gasteiger charge is 2.10. The molecule has 1 N–H and O–H groups in total. The number of nitrogens with zero attached hydrogens (tertiary/aromatic N) is 1. The first-order valence-corrected chi connectivity index (χ1v) is 6.68. The fraction of sp³-hybridized carbons (Fsp3) is 0.500. The van der Waals surface area contributed by atoms with Crippen LogP contribution in [0, 0.1) is 0 Å². The lowest BCUT2D eigenvalue weighted by molar-refractivity contribution is -0.128. The van der Waals surface area contributed by atoms with Gasteiger partial charge in [-0.2, -0.15) is 0 Å². The first-order chi connectivity index (χ1) is 9.49. The number of carbonyl (C=O) groups is 1. The lowest BCUT2D eigenvalue weighted by Gasteiger charge is -2.13. The van der Waals surface area contributed by atoms with Gasteiger partial charge >= 0.3 is 0 Å². The average Bonchev–Trinajstić information content (AvgIpc) is 2.42. The summed E-state index contributed by atoms with van der Waals surface area (Å²) < 4.78 is 10.4. The second-order valence-electron chi connectivity index (χ2n) is 4.53. The first kappa shape index (κ1) is 16.6. The van der Waals surface area contributed by atoms with Crippen LogP contribution in [-0.4, -0.2) is 45.7 Å². The van der Waals surface area contributed by atoms with Gasteiger partial charge in [0.25, 0.3) is 0 Å². The van der Waals surface area contributed by atoms with Crippen molar-refractivity contribution >= 4 is 17.5 Å². The topological polar surface area (TPSA) is 50.8 Å². The van der Waals surface area contributed by atoms with Gasteiger partial charge in [0.05, 0.1) is 19.2 Å². The Morgan fingerprint density at radius 1 is 1.30 bits per heavy atom. The van der Waals surface area contributed by atoms with Crippen LogP contribution < -0.4 is 14.8 Å². The summed E-state index contributed by atoms with van der Waals surface area (Å²) in [6.07, 6.45) is 0.466. The predicted octanol–water partition coefficient (Wildman–Crippen LogP) is 1.93. The minimum atomic E-state index is 0.0999. The largest absolute Gasteiger partial charge is 0.493 e. The summed E-state index contributed by atoms with van der Waals surface area (Å²) in [7, 11) is 6.61. The fourth-order valence-electron chi connectivity index (χ4n) is 1.73. The van der Waals surface area contributed by atoms with Crippen molar-refractivity contribution < 1.29 is 14.3 Å². The van der Waals surface area contributed by atoms with E-state index in [1.54, 1.807) is 33.2 Å². The standard InChI is InChI=1S/C14H21ClN2O3/c1-17(2)13(18)5-6-16-9-10-7-11(15)14(20-4)12(8-10)19-3/h7-8,16H,5-6,9H2,1-4H3. The van der Waals surface area contributed by atoms with Crippen LogP contribution in [0.5, 0.6) is 11.5 Å². The summed E-state index contributed by atoms with van der Waals surface area (Å²) in [5, 5.41) is 3.71. The molecule has 6 heteroatoms. The highest BCUT2D eigenvalue weighted by Crippen LogP contribution is 2.35. The molecule has 1 rings (SSSR count). The van der Waals surface area contributed by atoms with Crippen LogP contribution in [0.3, 0.4) is 0 Å². The number of benzene rings is 1. The molecule has 1 aromatic carbocycles. The van der Waals surface area contributed by atoms with Crippen molar-refractivity contribution in [1.29, 1.82) is 0 Å². The molecule has 112 valence electrons. The van der Waals surface area contributed by atoms with Gasteiger partial charge in [-0.25, -0.2) is 0 Å². The Kier molecular flexibility index (Phi) is 6.61.